The van der Waals surface area contributed by atoms with Gasteiger partial charge in [-0.2, -0.15) is 5.26 Å². The number of benzene rings is 1. The molecule has 0 spiro atoms. The monoisotopic (exact) mass is 306 g/mol. The van der Waals surface area contributed by atoms with Crippen LogP contribution >= 0.6 is 27.3 Å². The maximum atomic E-state index is 9.07. The van der Waals surface area contributed by atoms with Gasteiger partial charge in [0.05, 0.1) is 11.8 Å². The molecule has 86 valence electrons. The molecule has 1 aromatic heterocycles. The van der Waals surface area contributed by atoms with Crippen LogP contribution in [0.25, 0.3) is 11.3 Å². The van der Waals surface area contributed by atoms with E-state index in [1.165, 1.54) is 11.3 Å². The molecular weight excluding hydrogens is 296 g/mol. The highest BCUT2D eigenvalue weighted by atomic mass is 79.9. The number of nitrogens with zero attached hydrogens (tertiary/aromatic N) is 2. The van der Waals surface area contributed by atoms with Crippen molar-refractivity contribution >= 4 is 27.3 Å². The van der Waals surface area contributed by atoms with E-state index < -0.39 is 5.41 Å². The lowest BCUT2D eigenvalue weighted by molar-refractivity contribution is 0.680. The predicted molar refractivity (Wildman–Crippen MR) is 73.9 cm³/mol. The number of aromatic nitrogens is 1. The van der Waals surface area contributed by atoms with Crippen molar-refractivity contribution in [1.29, 1.82) is 5.26 Å². The van der Waals surface area contributed by atoms with E-state index in [9.17, 15) is 0 Å². The first kappa shape index (κ1) is 12.3. The molecular formula is C13H11BrN2S. The lowest BCUT2D eigenvalue weighted by atomic mass is 9.97. The van der Waals surface area contributed by atoms with Gasteiger partial charge in [-0.15, -0.1) is 11.3 Å². The molecule has 0 saturated carbocycles. The van der Waals surface area contributed by atoms with E-state index in [4.69, 9.17) is 5.26 Å². The minimum Gasteiger partial charge on any atom is -0.240 e. The van der Waals surface area contributed by atoms with Crippen LogP contribution in [0.15, 0.2) is 34.1 Å². The lowest BCUT2D eigenvalue weighted by Gasteiger charge is -2.09. The van der Waals surface area contributed by atoms with E-state index in [1.54, 1.807) is 0 Å². The van der Waals surface area contributed by atoms with E-state index in [0.29, 0.717) is 0 Å². The molecule has 0 amide bonds. The van der Waals surface area contributed by atoms with Crippen LogP contribution in [0.1, 0.15) is 18.9 Å². The fraction of sp³-hybridized carbons (Fsp3) is 0.231. The Hall–Kier alpha value is -1.18. The molecule has 0 fully saturated rings. The summed E-state index contributed by atoms with van der Waals surface area (Å²) in [6.45, 7) is 3.77. The SMILES string of the molecule is CC(C)(C#N)c1nc(-c2ccc(Br)cc2)cs1. The quantitative estimate of drug-likeness (QED) is 0.826. The molecule has 0 aliphatic heterocycles. The third kappa shape index (κ3) is 2.56. The van der Waals surface area contributed by atoms with Gasteiger partial charge in [-0.1, -0.05) is 28.1 Å². The Balaban J connectivity index is 2.37. The van der Waals surface area contributed by atoms with E-state index in [2.05, 4.69) is 27.0 Å². The molecule has 2 nitrogen and oxygen atoms in total. The summed E-state index contributed by atoms with van der Waals surface area (Å²) in [5.74, 6) is 0. The van der Waals surface area contributed by atoms with Gasteiger partial charge >= 0.3 is 0 Å². The highest BCUT2D eigenvalue weighted by molar-refractivity contribution is 9.10. The smallest absolute Gasteiger partial charge is 0.113 e. The number of hydrogen-bond donors (Lipinski definition) is 0. The topological polar surface area (TPSA) is 36.7 Å². The molecule has 0 N–H and O–H groups in total. The zero-order chi connectivity index (χ0) is 12.5. The summed E-state index contributed by atoms with van der Waals surface area (Å²) in [4.78, 5) is 4.53. The van der Waals surface area contributed by atoms with Crippen molar-refractivity contribution in [2.45, 2.75) is 19.3 Å². The third-order valence-corrected chi connectivity index (χ3v) is 4.15. The van der Waals surface area contributed by atoms with Gasteiger partial charge in [-0.05, 0) is 26.0 Å². The van der Waals surface area contributed by atoms with Gasteiger partial charge in [0.25, 0.3) is 0 Å². The van der Waals surface area contributed by atoms with Gasteiger partial charge in [0.1, 0.15) is 10.4 Å². The molecule has 4 heteroatoms. The van der Waals surface area contributed by atoms with Crippen LogP contribution in [0.2, 0.25) is 0 Å². The Bertz CT molecular complexity index is 564. The van der Waals surface area contributed by atoms with Crippen LogP contribution in [0.4, 0.5) is 0 Å². The zero-order valence-electron chi connectivity index (χ0n) is 9.57. The summed E-state index contributed by atoms with van der Waals surface area (Å²) in [6, 6.07) is 10.3. The summed E-state index contributed by atoms with van der Waals surface area (Å²) in [5, 5.41) is 11.9. The average Bonchev–Trinajstić information content (AvgIpc) is 2.80. The highest BCUT2D eigenvalue weighted by Gasteiger charge is 2.23. The molecule has 0 bridgehead atoms. The van der Waals surface area contributed by atoms with Gasteiger partial charge in [-0.25, -0.2) is 4.98 Å². The Kier molecular flexibility index (Phi) is 3.32. The van der Waals surface area contributed by atoms with Gasteiger partial charge in [-0.3, -0.25) is 0 Å². The molecule has 0 atom stereocenters. The molecule has 0 unspecified atom stereocenters. The zero-order valence-corrected chi connectivity index (χ0v) is 12.0. The predicted octanol–water partition coefficient (Wildman–Crippen LogP) is 4.37. The first-order valence-electron chi connectivity index (χ1n) is 5.16. The second kappa shape index (κ2) is 4.59. The molecule has 0 aliphatic carbocycles. The standard InChI is InChI=1S/C13H11BrN2S/c1-13(2,8-15)12-16-11(7-17-12)9-3-5-10(14)6-4-9/h3-7H,1-2H3. The molecule has 0 aliphatic rings. The Labute approximate surface area is 113 Å². The lowest BCUT2D eigenvalue weighted by Crippen LogP contribution is -2.13. The number of thiazole rings is 1. The van der Waals surface area contributed by atoms with Crippen molar-refractivity contribution in [3.63, 3.8) is 0 Å². The Morgan fingerprint density at radius 1 is 1.29 bits per heavy atom. The number of hydrogen-bond acceptors (Lipinski definition) is 3. The maximum absolute atomic E-state index is 9.07. The highest BCUT2D eigenvalue weighted by Crippen LogP contribution is 2.30. The van der Waals surface area contributed by atoms with Crippen molar-refractivity contribution in [1.82, 2.24) is 4.98 Å². The summed E-state index contributed by atoms with van der Waals surface area (Å²) in [5.41, 5.74) is 1.49. The summed E-state index contributed by atoms with van der Waals surface area (Å²) >= 11 is 4.94. The number of halogens is 1. The van der Waals surface area contributed by atoms with Crippen molar-refractivity contribution in [2.24, 2.45) is 0 Å². The van der Waals surface area contributed by atoms with Crippen LogP contribution in [-0.4, -0.2) is 4.98 Å². The van der Waals surface area contributed by atoms with E-state index in [-0.39, 0.29) is 0 Å². The van der Waals surface area contributed by atoms with Crippen molar-refractivity contribution < 1.29 is 0 Å². The van der Waals surface area contributed by atoms with Crippen molar-refractivity contribution in [2.75, 3.05) is 0 Å². The van der Waals surface area contributed by atoms with E-state index in [0.717, 1.165) is 20.7 Å². The second-order valence-corrected chi connectivity index (χ2v) is 6.06. The molecule has 1 aromatic carbocycles. The van der Waals surface area contributed by atoms with E-state index in [1.807, 2.05) is 43.5 Å². The summed E-state index contributed by atoms with van der Waals surface area (Å²) < 4.78 is 1.05. The molecule has 2 aromatic rings. The average molecular weight is 307 g/mol. The third-order valence-electron chi connectivity index (χ3n) is 2.46. The van der Waals surface area contributed by atoms with Crippen molar-refractivity contribution in [3.8, 4) is 17.3 Å². The van der Waals surface area contributed by atoms with E-state index >= 15 is 0 Å². The van der Waals surface area contributed by atoms with Gasteiger partial charge < -0.3 is 0 Å². The fourth-order valence-corrected chi connectivity index (χ4v) is 2.53. The second-order valence-electron chi connectivity index (χ2n) is 4.28. The molecule has 2 rings (SSSR count). The van der Waals surface area contributed by atoms with Crippen LogP contribution in [0.5, 0.6) is 0 Å². The first-order chi connectivity index (χ1) is 8.03. The molecule has 17 heavy (non-hydrogen) atoms. The minimum absolute atomic E-state index is 0.516. The summed E-state index contributed by atoms with van der Waals surface area (Å²) in [6.07, 6.45) is 0. The fourth-order valence-electron chi connectivity index (χ4n) is 1.36. The number of nitriles is 1. The summed E-state index contributed by atoms with van der Waals surface area (Å²) in [7, 11) is 0. The van der Waals surface area contributed by atoms with Crippen molar-refractivity contribution in [3.05, 3.63) is 39.1 Å². The van der Waals surface area contributed by atoms with Gasteiger partial charge in [0.2, 0.25) is 0 Å². The Morgan fingerprint density at radius 3 is 2.53 bits per heavy atom. The van der Waals surface area contributed by atoms with Crippen LogP contribution in [0, 0.1) is 11.3 Å². The van der Waals surface area contributed by atoms with Gasteiger partial charge in [0.15, 0.2) is 0 Å². The Morgan fingerprint density at radius 2 is 1.94 bits per heavy atom. The minimum atomic E-state index is -0.516. The maximum Gasteiger partial charge on any atom is 0.113 e. The van der Waals surface area contributed by atoms with Crippen LogP contribution < -0.4 is 0 Å². The largest absolute Gasteiger partial charge is 0.240 e. The van der Waals surface area contributed by atoms with Gasteiger partial charge in [0, 0.05) is 15.4 Å². The van der Waals surface area contributed by atoms with Crippen LogP contribution in [-0.2, 0) is 5.41 Å². The molecule has 1 heterocycles. The molecule has 0 saturated heterocycles. The normalized spacial score (nSPS) is 11.2. The first-order valence-corrected chi connectivity index (χ1v) is 6.83. The number of rotatable bonds is 2. The van der Waals surface area contributed by atoms with Crippen LogP contribution in [0.3, 0.4) is 0 Å². The molecule has 0 radical (unpaired) electrons.